The third-order valence-corrected chi connectivity index (χ3v) is 8.15. The van der Waals surface area contributed by atoms with Gasteiger partial charge in [0.1, 0.15) is 5.56 Å². The molecule has 1 aliphatic rings. The van der Waals surface area contributed by atoms with Gasteiger partial charge in [0.2, 0.25) is 0 Å². The van der Waals surface area contributed by atoms with Crippen LogP contribution < -0.4 is 15.2 Å². The zero-order valence-electron chi connectivity index (χ0n) is 16.5. The summed E-state index contributed by atoms with van der Waals surface area (Å²) in [6.07, 6.45) is 1.72. The van der Waals surface area contributed by atoms with Crippen molar-refractivity contribution in [1.29, 1.82) is 0 Å². The number of thiazole rings is 1. The number of hydrogen-bond donors (Lipinski definition) is 0. The summed E-state index contributed by atoms with van der Waals surface area (Å²) < 4.78 is 4.20. The van der Waals surface area contributed by atoms with E-state index < -0.39 is 0 Å². The molecule has 1 atom stereocenters. The average molecular weight is 523 g/mol. The van der Waals surface area contributed by atoms with Gasteiger partial charge in [0.25, 0.3) is 0 Å². The molecule has 1 aliphatic heterocycles. The molecule has 0 aliphatic carbocycles. The Bertz CT molecular complexity index is 1400. The maximum atomic E-state index is 14.0. The van der Waals surface area contributed by atoms with E-state index in [-0.39, 0.29) is 17.4 Å². The lowest BCUT2D eigenvalue weighted by molar-refractivity contribution is -0.704. The lowest BCUT2D eigenvalue weighted by Gasteiger charge is -2.15. The molecule has 162 valence electrons. The molecule has 0 saturated carbocycles. The Morgan fingerprint density at radius 1 is 1.09 bits per heavy atom. The van der Waals surface area contributed by atoms with Crippen LogP contribution in [0.4, 0.5) is 0 Å². The summed E-state index contributed by atoms with van der Waals surface area (Å²) in [6.45, 7) is 0. The summed E-state index contributed by atoms with van der Waals surface area (Å²) in [5, 5.41) is 13.4. The highest BCUT2D eigenvalue weighted by molar-refractivity contribution is 7.99. The summed E-state index contributed by atoms with van der Waals surface area (Å²) in [4.78, 5) is 19.1. The Labute approximate surface area is 206 Å². The molecule has 0 radical (unpaired) electrons. The van der Waals surface area contributed by atoms with Crippen LogP contribution in [0.5, 0.6) is 5.75 Å². The lowest BCUT2D eigenvalue weighted by Crippen LogP contribution is -2.43. The van der Waals surface area contributed by atoms with Gasteiger partial charge in [-0.3, -0.25) is 0 Å². The SMILES string of the molecule is C[n+]1c(-c2ccc([O-])cc2)c(-c2cc(Cl)cc(Cl)c2)c(=O)n2c1SC[C@@H]2c1cnc(Cl)s1. The lowest BCUT2D eigenvalue weighted by atomic mass is 9.99. The van der Waals surface area contributed by atoms with Gasteiger partial charge in [0, 0.05) is 21.8 Å². The minimum atomic E-state index is -0.190. The first kappa shape index (κ1) is 21.8. The fraction of sp³-hybridized carbons (Fsp3) is 0.136. The smallest absolute Gasteiger partial charge is 0.347 e. The van der Waals surface area contributed by atoms with Gasteiger partial charge in [0.15, 0.2) is 16.2 Å². The molecule has 0 bridgehead atoms. The van der Waals surface area contributed by atoms with E-state index in [4.69, 9.17) is 34.8 Å². The predicted molar refractivity (Wildman–Crippen MR) is 128 cm³/mol. The van der Waals surface area contributed by atoms with Gasteiger partial charge in [-0.25, -0.2) is 14.3 Å². The van der Waals surface area contributed by atoms with Crippen LogP contribution >= 0.6 is 57.9 Å². The molecular weight excluding hydrogens is 509 g/mol. The molecule has 0 amide bonds. The van der Waals surface area contributed by atoms with Crippen molar-refractivity contribution in [3.8, 4) is 28.1 Å². The number of rotatable bonds is 3. The Kier molecular flexibility index (Phi) is 5.72. The van der Waals surface area contributed by atoms with E-state index in [0.717, 1.165) is 15.6 Å². The Morgan fingerprint density at radius 2 is 1.78 bits per heavy atom. The van der Waals surface area contributed by atoms with Gasteiger partial charge in [-0.05, 0) is 35.5 Å². The van der Waals surface area contributed by atoms with Crippen LogP contribution in [0.25, 0.3) is 22.4 Å². The molecule has 3 heterocycles. The minimum absolute atomic E-state index is 0.0989. The van der Waals surface area contributed by atoms with Crippen molar-refractivity contribution >= 4 is 57.9 Å². The normalized spacial score (nSPS) is 15.2. The maximum Gasteiger partial charge on any atom is 0.347 e. The summed E-state index contributed by atoms with van der Waals surface area (Å²) in [5.74, 6) is 0.582. The molecule has 0 saturated heterocycles. The molecule has 10 heteroatoms. The third-order valence-electron chi connectivity index (χ3n) is 5.28. The number of benzene rings is 2. The van der Waals surface area contributed by atoms with Crippen molar-refractivity contribution in [2.45, 2.75) is 11.2 Å². The molecule has 4 aromatic rings. The first-order valence-electron chi connectivity index (χ1n) is 9.50. The van der Waals surface area contributed by atoms with Gasteiger partial charge in [-0.2, -0.15) is 4.57 Å². The van der Waals surface area contributed by atoms with Gasteiger partial charge < -0.3 is 5.11 Å². The molecule has 0 spiro atoms. The second-order valence-corrected chi connectivity index (χ2v) is 10.8. The standard InChI is InChI=1S/C22H14Cl3N3O2S2/c1-27-19(11-2-4-15(29)5-3-11)18(12-6-13(23)8-14(24)7-12)20(30)28-16(10-31-22(27)28)17-9-26-21(25)32-17/h2-9,16H,10H2,1H3/t16-/m1/s1. The molecule has 0 fully saturated rings. The quantitative estimate of drug-likeness (QED) is 0.274. The van der Waals surface area contributed by atoms with Crippen LogP contribution in [-0.4, -0.2) is 15.3 Å². The molecule has 0 N–H and O–H groups in total. The fourth-order valence-electron chi connectivity index (χ4n) is 3.94. The van der Waals surface area contributed by atoms with Crippen molar-refractivity contribution in [3.05, 3.63) is 78.4 Å². The highest BCUT2D eigenvalue weighted by Crippen LogP contribution is 2.40. The second kappa shape index (κ2) is 8.39. The highest BCUT2D eigenvalue weighted by atomic mass is 35.5. The number of fused-ring (bicyclic) bond motifs is 1. The number of thioether (sulfide) groups is 1. The average Bonchev–Trinajstić information content (AvgIpc) is 3.37. The summed E-state index contributed by atoms with van der Waals surface area (Å²) in [5.41, 5.74) is 2.34. The first-order chi connectivity index (χ1) is 15.3. The first-order valence-corrected chi connectivity index (χ1v) is 12.4. The molecule has 5 rings (SSSR count). The third kappa shape index (κ3) is 3.72. The Morgan fingerprint density at radius 3 is 2.41 bits per heavy atom. The number of hydrogen-bond acceptors (Lipinski definition) is 5. The van der Waals surface area contributed by atoms with Crippen molar-refractivity contribution in [3.63, 3.8) is 0 Å². The van der Waals surface area contributed by atoms with Gasteiger partial charge in [-0.1, -0.05) is 59.1 Å². The molecular formula is C22H14Cl3N3O2S2. The molecule has 5 nitrogen and oxygen atoms in total. The monoisotopic (exact) mass is 521 g/mol. The van der Waals surface area contributed by atoms with Crippen LogP contribution in [0, 0.1) is 0 Å². The Hall–Kier alpha value is -2.03. The van der Waals surface area contributed by atoms with Crippen LogP contribution in [0.2, 0.25) is 14.5 Å². The molecule has 2 aromatic heterocycles. The van der Waals surface area contributed by atoms with Gasteiger partial charge in [0.05, 0.1) is 17.7 Å². The fourth-order valence-corrected chi connectivity index (χ4v) is 6.89. The van der Waals surface area contributed by atoms with Crippen molar-refractivity contribution in [2.75, 3.05) is 5.75 Å². The predicted octanol–water partition coefficient (Wildman–Crippen LogP) is 5.19. The zero-order valence-corrected chi connectivity index (χ0v) is 20.4. The largest absolute Gasteiger partial charge is 0.872 e. The molecule has 2 aromatic carbocycles. The van der Waals surface area contributed by atoms with E-state index in [0.29, 0.717) is 37.1 Å². The molecule has 32 heavy (non-hydrogen) atoms. The zero-order chi connectivity index (χ0) is 22.6. The summed E-state index contributed by atoms with van der Waals surface area (Å²) in [7, 11) is 1.91. The second-order valence-electron chi connectivity index (χ2n) is 7.27. The van der Waals surface area contributed by atoms with Crippen molar-refractivity contribution in [2.24, 2.45) is 7.05 Å². The van der Waals surface area contributed by atoms with Crippen LogP contribution in [0.3, 0.4) is 0 Å². The number of halogens is 3. The summed E-state index contributed by atoms with van der Waals surface area (Å²) >= 11 is 21.6. The topological polar surface area (TPSA) is 61.8 Å². The van der Waals surface area contributed by atoms with E-state index in [2.05, 4.69) is 4.98 Å². The number of aromatic nitrogens is 3. The van der Waals surface area contributed by atoms with E-state index in [1.165, 1.54) is 23.5 Å². The number of nitrogens with zero attached hydrogens (tertiary/aromatic N) is 3. The van der Waals surface area contributed by atoms with Gasteiger partial charge in [-0.15, -0.1) is 17.1 Å². The van der Waals surface area contributed by atoms with Crippen LogP contribution in [0.15, 0.2) is 58.6 Å². The van der Waals surface area contributed by atoms with Crippen molar-refractivity contribution < 1.29 is 9.67 Å². The van der Waals surface area contributed by atoms with Crippen LogP contribution in [-0.2, 0) is 7.05 Å². The van der Waals surface area contributed by atoms with E-state index in [1.807, 2.05) is 11.6 Å². The van der Waals surface area contributed by atoms with E-state index in [1.54, 1.807) is 52.9 Å². The maximum absolute atomic E-state index is 14.0. The molecule has 0 unspecified atom stereocenters. The van der Waals surface area contributed by atoms with Crippen molar-refractivity contribution in [1.82, 2.24) is 9.55 Å². The van der Waals surface area contributed by atoms with Gasteiger partial charge >= 0.3 is 10.7 Å². The Balaban J connectivity index is 1.85. The van der Waals surface area contributed by atoms with E-state index in [9.17, 15) is 9.90 Å². The summed E-state index contributed by atoms with van der Waals surface area (Å²) in [6, 6.07) is 11.3. The highest BCUT2D eigenvalue weighted by Gasteiger charge is 2.39. The van der Waals surface area contributed by atoms with E-state index >= 15 is 0 Å². The minimum Gasteiger partial charge on any atom is -0.872 e. The van der Waals surface area contributed by atoms with Crippen LogP contribution in [0.1, 0.15) is 10.9 Å².